The first-order chi connectivity index (χ1) is 9.48. The number of benzene rings is 1. The van der Waals surface area contributed by atoms with Crippen molar-refractivity contribution in [2.75, 3.05) is 31.6 Å². The summed E-state index contributed by atoms with van der Waals surface area (Å²) in [6, 6.07) is 6.69. The molecule has 3 heteroatoms. The first-order valence-electron chi connectivity index (χ1n) is 7.63. The molecule has 1 fully saturated rings. The van der Waals surface area contributed by atoms with E-state index in [1.54, 1.807) is 7.11 Å². The lowest BCUT2D eigenvalue weighted by atomic mass is 9.93. The molecule has 1 saturated heterocycles. The van der Waals surface area contributed by atoms with E-state index in [-0.39, 0.29) is 0 Å². The first kappa shape index (κ1) is 15.2. The molecule has 0 bridgehead atoms. The van der Waals surface area contributed by atoms with Gasteiger partial charge in [0.2, 0.25) is 0 Å². The molecule has 1 N–H and O–H groups in total. The van der Waals surface area contributed by atoms with Gasteiger partial charge in [0.05, 0.1) is 7.11 Å². The van der Waals surface area contributed by atoms with Gasteiger partial charge in [0.15, 0.2) is 0 Å². The smallest absolute Gasteiger partial charge is 0.125 e. The Morgan fingerprint density at radius 3 is 2.70 bits per heavy atom. The van der Waals surface area contributed by atoms with E-state index in [9.17, 15) is 0 Å². The van der Waals surface area contributed by atoms with Gasteiger partial charge in [-0.1, -0.05) is 26.8 Å². The zero-order valence-corrected chi connectivity index (χ0v) is 13.5. The zero-order valence-electron chi connectivity index (χ0n) is 13.5. The summed E-state index contributed by atoms with van der Waals surface area (Å²) in [5.41, 5.74) is 3.01. The molecule has 2 rings (SSSR count). The van der Waals surface area contributed by atoms with Crippen molar-refractivity contribution in [3.05, 3.63) is 23.8 Å². The summed E-state index contributed by atoms with van der Waals surface area (Å²) < 4.78 is 5.60. The third-order valence-electron chi connectivity index (χ3n) is 4.22. The Morgan fingerprint density at radius 1 is 1.40 bits per heavy atom. The van der Waals surface area contributed by atoms with Gasteiger partial charge in [0.1, 0.15) is 5.75 Å². The van der Waals surface area contributed by atoms with Crippen molar-refractivity contribution in [2.24, 2.45) is 5.41 Å². The number of hydrogen-bond donors (Lipinski definition) is 1. The van der Waals surface area contributed by atoms with Crippen LogP contribution in [0.4, 0.5) is 5.69 Å². The lowest BCUT2D eigenvalue weighted by Gasteiger charge is -2.28. The number of nitrogens with one attached hydrogen (secondary N) is 1. The molecule has 3 nitrogen and oxygen atoms in total. The number of ether oxygens (including phenoxy) is 1. The lowest BCUT2D eigenvalue weighted by molar-refractivity contribution is 0.401. The predicted molar refractivity (Wildman–Crippen MR) is 85.7 cm³/mol. The van der Waals surface area contributed by atoms with E-state index in [2.05, 4.69) is 56.1 Å². The van der Waals surface area contributed by atoms with Gasteiger partial charge in [-0.15, -0.1) is 0 Å². The van der Waals surface area contributed by atoms with Crippen LogP contribution in [0.15, 0.2) is 18.2 Å². The molecule has 0 aliphatic carbocycles. The summed E-state index contributed by atoms with van der Waals surface area (Å²) in [7, 11) is 1.76. The van der Waals surface area contributed by atoms with Gasteiger partial charge in [0, 0.05) is 30.4 Å². The maximum Gasteiger partial charge on any atom is 0.125 e. The Hall–Kier alpha value is -1.22. The van der Waals surface area contributed by atoms with Crippen LogP contribution >= 0.6 is 0 Å². The van der Waals surface area contributed by atoms with Crippen molar-refractivity contribution < 1.29 is 4.74 Å². The normalized spacial score (nSPS) is 19.1. The van der Waals surface area contributed by atoms with Crippen LogP contribution in [-0.2, 0) is 0 Å². The third kappa shape index (κ3) is 3.09. The molecule has 1 heterocycles. The SMILES string of the molecule is CCNC(C)c1c(OC)cccc1N1CCC(C)(C)C1. The first-order valence-corrected chi connectivity index (χ1v) is 7.63. The van der Waals surface area contributed by atoms with Crippen LogP contribution in [0.3, 0.4) is 0 Å². The van der Waals surface area contributed by atoms with E-state index < -0.39 is 0 Å². The summed E-state index contributed by atoms with van der Waals surface area (Å²) in [5, 5.41) is 3.51. The standard InChI is InChI=1S/C17H28N2O/c1-6-18-13(2)16-14(8-7-9-15(16)20-5)19-11-10-17(3,4)12-19/h7-9,13,18H,6,10-12H2,1-5H3. The minimum Gasteiger partial charge on any atom is -0.496 e. The van der Waals surface area contributed by atoms with Gasteiger partial charge in [-0.3, -0.25) is 0 Å². The predicted octanol–water partition coefficient (Wildman–Crippen LogP) is 3.60. The number of methoxy groups -OCH3 is 1. The molecular formula is C17H28N2O. The Morgan fingerprint density at radius 2 is 2.15 bits per heavy atom. The fourth-order valence-electron chi connectivity index (χ4n) is 3.15. The molecule has 1 aromatic rings. The average molecular weight is 276 g/mol. The van der Waals surface area contributed by atoms with Gasteiger partial charge in [-0.05, 0) is 37.4 Å². The van der Waals surface area contributed by atoms with E-state index in [0.29, 0.717) is 11.5 Å². The lowest BCUT2D eigenvalue weighted by Crippen LogP contribution is -2.26. The number of anilines is 1. The minimum atomic E-state index is 0.301. The van der Waals surface area contributed by atoms with Crippen molar-refractivity contribution in [2.45, 2.75) is 40.2 Å². The highest BCUT2D eigenvalue weighted by molar-refractivity contribution is 5.61. The Kier molecular flexibility index (Phi) is 4.59. The molecule has 112 valence electrons. The van der Waals surface area contributed by atoms with Crippen molar-refractivity contribution >= 4 is 5.69 Å². The second-order valence-electron chi connectivity index (χ2n) is 6.51. The van der Waals surface area contributed by atoms with Crippen LogP contribution in [0.5, 0.6) is 5.75 Å². The molecule has 0 amide bonds. The summed E-state index contributed by atoms with van der Waals surface area (Å²) in [6.07, 6.45) is 1.25. The molecule has 1 aliphatic rings. The van der Waals surface area contributed by atoms with E-state index in [1.807, 2.05) is 0 Å². The van der Waals surface area contributed by atoms with Gasteiger partial charge < -0.3 is 15.0 Å². The van der Waals surface area contributed by atoms with E-state index >= 15 is 0 Å². The third-order valence-corrected chi connectivity index (χ3v) is 4.22. The van der Waals surface area contributed by atoms with Crippen LogP contribution in [0, 0.1) is 5.41 Å². The molecule has 0 saturated carbocycles. The summed E-state index contributed by atoms with van der Waals surface area (Å²) in [5.74, 6) is 0.987. The van der Waals surface area contributed by atoms with Crippen molar-refractivity contribution in [1.29, 1.82) is 0 Å². The van der Waals surface area contributed by atoms with Crippen molar-refractivity contribution in [3.63, 3.8) is 0 Å². The molecule has 1 aliphatic heterocycles. The number of hydrogen-bond acceptors (Lipinski definition) is 3. The molecule has 1 aromatic carbocycles. The molecule has 1 unspecified atom stereocenters. The molecule has 0 radical (unpaired) electrons. The molecule has 20 heavy (non-hydrogen) atoms. The van der Waals surface area contributed by atoms with Gasteiger partial charge in [0.25, 0.3) is 0 Å². The van der Waals surface area contributed by atoms with E-state index in [0.717, 1.165) is 25.4 Å². The molecule has 0 spiro atoms. The monoisotopic (exact) mass is 276 g/mol. The van der Waals surface area contributed by atoms with Gasteiger partial charge in [-0.2, -0.15) is 0 Å². The van der Waals surface area contributed by atoms with Crippen LogP contribution in [0.2, 0.25) is 0 Å². The minimum absolute atomic E-state index is 0.301. The van der Waals surface area contributed by atoms with Crippen LogP contribution in [-0.4, -0.2) is 26.7 Å². The van der Waals surface area contributed by atoms with E-state index in [4.69, 9.17) is 4.74 Å². The largest absolute Gasteiger partial charge is 0.496 e. The second-order valence-corrected chi connectivity index (χ2v) is 6.51. The Labute approximate surface area is 123 Å². The molecule has 0 aromatic heterocycles. The van der Waals surface area contributed by atoms with Gasteiger partial charge >= 0.3 is 0 Å². The summed E-state index contributed by atoms with van der Waals surface area (Å²) in [4.78, 5) is 2.51. The summed E-state index contributed by atoms with van der Waals surface area (Å²) >= 11 is 0. The highest BCUT2D eigenvalue weighted by Crippen LogP contribution is 2.39. The second kappa shape index (κ2) is 6.04. The maximum absolute atomic E-state index is 5.60. The van der Waals surface area contributed by atoms with Crippen LogP contribution in [0.1, 0.15) is 45.7 Å². The van der Waals surface area contributed by atoms with E-state index in [1.165, 1.54) is 17.7 Å². The fraction of sp³-hybridized carbons (Fsp3) is 0.647. The van der Waals surface area contributed by atoms with Crippen molar-refractivity contribution in [1.82, 2.24) is 5.32 Å². The Bertz CT molecular complexity index is 456. The molecule has 1 atom stereocenters. The highest BCUT2D eigenvalue weighted by Gasteiger charge is 2.31. The van der Waals surface area contributed by atoms with Crippen LogP contribution < -0.4 is 15.0 Å². The fourth-order valence-corrected chi connectivity index (χ4v) is 3.15. The molecular weight excluding hydrogens is 248 g/mol. The number of rotatable bonds is 5. The van der Waals surface area contributed by atoms with Crippen LogP contribution in [0.25, 0.3) is 0 Å². The highest BCUT2D eigenvalue weighted by atomic mass is 16.5. The Balaban J connectivity index is 2.37. The maximum atomic E-state index is 5.60. The summed E-state index contributed by atoms with van der Waals surface area (Å²) in [6.45, 7) is 12.3. The quantitative estimate of drug-likeness (QED) is 0.889. The number of nitrogens with zero attached hydrogens (tertiary/aromatic N) is 1. The zero-order chi connectivity index (χ0) is 14.8. The topological polar surface area (TPSA) is 24.5 Å². The average Bonchev–Trinajstić information content (AvgIpc) is 2.78. The van der Waals surface area contributed by atoms with Gasteiger partial charge in [-0.25, -0.2) is 0 Å². The van der Waals surface area contributed by atoms with Crippen molar-refractivity contribution in [3.8, 4) is 5.75 Å².